The number of carbonyl (C=O) groups is 1. The van der Waals surface area contributed by atoms with Gasteiger partial charge in [-0.25, -0.2) is 8.42 Å². The van der Waals surface area contributed by atoms with Gasteiger partial charge in [-0.2, -0.15) is 0 Å². The Morgan fingerprint density at radius 2 is 2.10 bits per heavy atom. The summed E-state index contributed by atoms with van der Waals surface area (Å²) in [6.45, 7) is 2.46. The quantitative estimate of drug-likeness (QED) is 0.617. The van der Waals surface area contributed by atoms with Crippen LogP contribution in [-0.4, -0.2) is 20.9 Å². The van der Waals surface area contributed by atoms with E-state index in [0.717, 1.165) is 18.8 Å². The summed E-state index contributed by atoms with van der Waals surface area (Å²) in [5.74, 6) is 0.591. The minimum atomic E-state index is -3.84. The van der Waals surface area contributed by atoms with E-state index in [-0.39, 0.29) is 10.8 Å². The third-order valence-corrected chi connectivity index (χ3v) is 5.15. The van der Waals surface area contributed by atoms with Crippen molar-refractivity contribution in [1.82, 2.24) is 5.32 Å². The topological polar surface area (TPSA) is 63.2 Å². The van der Waals surface area contributed by atoms with Crippen LogP contribution in [0.2, 0.25) is 0 Å². The Balaban J connectivity index is 2.02. The van der Waals surface area contributed by atoms with Crippen molar-refractivity contribution in [3.05, 3.63) is 29.3 Å². The molecule has 6 heteroatoms. The van der Waals surface area contributed by atoms with Gasteiger partial charge in [0.25, 0.3) is 15.0 Å². The van der Waals surface area contributed by atoms with Crippen LogP contribution in [0.25, 0.3) is 0 Å². The van der Waals surface area contributed by atoms with Gasteiger partial charge in [-0.05, 0) is 42.9 Å². The number of rotatable bonds is 7. The fourth-order valence-electron chi connectivity index (χ4n) is 2.32. The number of nitrogens with one attached hydrogen (secondary N) is 1. The van der Waals surface area contributed by atoms with Gasteiger partial charge in [-0.15, -0.1) is 0 Å². The van der Waals surface area contributed by atoms with Crippen LogP contribution < -0.4 is 5.32 Å². The highest BCUT2D eigenvalue weighted by molar-refractivity contribution is 8.13. The van der Waals surface area contributed by atoms with E-state index < -0.39 is 9.05 Å². The van der Waals surface area contributed by atoms with Gasteiger partial charge >= 0.3 is 0 Å². The van der Waals surface area contributed by atoms with E-state index in [1.54, 1.807) is 12.1 Å². The first-order valence-electron chi connectivity index (χ1n) is 7.27. The van der Waals surface area contributed by atoms with Gasteiger partial charge in [-0.3, -0.25) is 4.79 Å². The van der Waals surface area contributed by atoms with Crippen LogP contribution in [0.3, 0.4) is 0 Å². The monoisotopic (exact) mass is 329 g/mol. The van der Waals surface area contributed by atoms with Crippen molar-refractivity contribution < 1.29 is 13.2 Å². The molecule has 0 bridgehead atoms. The molecule has 116 valence electrons. The average molecular weight is 330 g/mol. The molecule has 1 aromatic carbocycles. The molecule has 0 aromatic heterocycles. The number of hydrogen-bond acceptors (Lipinski definition) is 3. The summed E-state index contributed by atoms with van der Waals surface area (Å²) < 4.78 is 23.1. The minimum Gasteiger partial charge on any atom is -0.352 e. The molecule has 4 nitrogen and oxygen atoms in total. The second-order valence-electron chi connectivity index (χ2n) is 5.46. The van der Waals surface area contributed by atoms with Crippen molar-refractivity contribution in [2.75, 3.05) is 6.54 Å². The summed E-state index contributed by atoms with van der Waals surface area (Å²) in [6.07, 6.45) is 5.28. The molecule has 1 amide bonds. The van der Waals surface area contributed by atoms with Crippen molar-refractivity contribution in [1.29, 1.82) is 0 Å². The lowest BCUT2D eigenvalue weighted by Crippen LogP contribution is -2.24. The van der Waals surface area contributed by atoms with Crippen LogP contribution in [0.1, 0.15) is 48.5 Å². The average Bonchev–Trinajstić information content (AvgIpc) is 3.26. The summed E-state index contributed by atoms with van der Waals surface area (Å²) in [5, 5.41) is 2.82. The summed E-state index contributed by atoms with van der Waals surface area (Å²) in [6, 6.07) is 4.65. The second kappa shape index (κ2) is 6.79. The predicted molar refractivity (Wildman–Crippen MR) is 83.2 cm³/mol. The summed E-state index contributed by atoms with van der Waals surface area (Å²) in [4.78, 5) is 12.1. The zero-order valence-corrected chi connectivity index (χ0v) is 13.6. The smallest absolute Gasteiger partial charge is 0.261 e. The Hall–Kier alpha value is -1.07. The molecule has 0 atom stereocenters. The summed E-state index contributed by atoms with van der Waals surface area (Å²) >= 11 is 0. The van der Waals surface area contributed by atoms with Gasteiger partial charge < -0.3 is 5.32 Å². The maximum Gasteiger partial charge on any atom is 0.261 e. The first kappa shape index (κ1) is 16.3. The van der Waals surface area contributed by atoms with E-state index in [4.69, 9.17) is 10.7 Å². The maximum absolute atomic E-state index is 12.0. The number of carbonyl (C=O) groups excluding carboxylic acids is 1. The Kier molecular flexibility index (Phi) is 5.27. The Labute approximate surface area is 130 Å². The summed E-state index contributed by atoms with van der Waals surface area (Å²) in [5.41, 5.74) is 0.952. The third kappa shape index (κ3) is 4.71. The molecule has 0 aliphatic heterocycles. The number of amides is 1. The lowest BCUT2D eigenvalue weighted by atomic mass is 10.1. The molecule has 0 unspecified atom stereocenters. The Morgan fingerprint density at radius 1 is 1.38 bits per heavy atom. The zero-order chi connectivity index (χ0) is 15.5. The van der Waals surface area contributed by atoms with Crippen molar-refractivity contribution in [2.24, 2.45) is 5.92 Å². The predicted octanol–water partition coefficient (Wildman–Crippen LogP) is 3.10. The lowest BCUT2D eigenvalue weighted by Gasteiger charge is -2.09. The standard InChI is InChI=1S/C15H20ClNO3S/c1-2-12-7-8-13(10-14(12)21(16,19)20)15(18)17-9-3-4-11-5-6-11/h7-8,10-11H,2-6,9H2,1H3,(H,17,18). The molecule has 1 fully saturated rings. The van der Waals surface area contributed by atoms with Crippen molar-refractivity contribution in [2.45, 2.75) is 43.9 Å². The molecule has 0 spiro atoms. The maximum atomic E-state index is 12.0. The molecule has 1 aliphatic carbocycles. The number of aryl methyl sites for hydroxylation is 1. The van der Waals surface area contributed by atoms with Crippen LogP contribution in [0.4, 0.5) is 0 Å². The second-order valence-corrected chi connectivity index (χ2v) is 7.99. The molecule has 1 aromatic rings. The van der Waals surface area contributed by atoms with Crippen LogP contribution in [-0.2, 0) is 15.5 Å². The van der Waals surface area contributed by atoms with Crippen LogP contribution in [0.5, 0.6) is 0 Å². The Morgan fingerprint density at radius 3 is 2.67 bits per heavy atom. The zero-order valence-electron chi connectivity index (χ0n) is 12.1. The molecule has 0 radical (unpaired) electrons. The first-order valence-corrected chi connectivity index (χ1v) is 9.58. The summed E-state index contributed by atoms with van der Waals surface area (Å²) in [7, 11) is 1.59. The van der Waals surface area contributed by atoms with E-state index in [0.29, 0.717) is 24.1 Å². The number of benzene rings is 1. The van der Waals surface area contributed by atoms with Crippen molar-refractivity contribution in [3.63, 3.8) is 0 Å². The fourth-order valence-corrected chi connectivity index (χ4v) is 3.54. The van der Waals surface area contributed by atoms with Crippen molar-refractivity contribution in [3.8, 4) is 0 Å². The SMILES string of the molecule is CCc1ccc(C(=O)NCCCC2CC2)cc1S(=O)(=O)Cl. The molecule has 1 N–H and O–H groups in total. The van der Waals surface area contributed by atoms with Gasteiger partial charge in [0, 0.05) is 22.8 Å². The van der Waals surface area contributed by atoms with Gasteiger partial charge in [0.15, 0.2) is 0 Å². The van der Waals surface area contributed by atoms with Gasteiger partial charge in [0.1, 0.15) is 0 Å². The van der Waals surface area contributed by atoms with Crippen LogP contribution in [0.15, 0.2) is 23.1 Å². The molecule has 21 heavy (non-hydrogen) atoms. The Bertz CT molecular complexity index is 624. The van der Waals surface area contributed by atoms with E-state index in [9.17, 15) is 13.2 Å². The van der Waals surface area contributed by atoms with E-state index in [2.05, 4.69) is 5.32 Å². The van der Waals surface area contributed by atoms with E-state index >= 15 is 0 Å². The number of hydrogen-bond donors (Lipinski definition) is 1. The molecule has 0 saturated heterocycles. The molecular weight excluding hydrogens is 310 g/mol. The molecule has 0 heterocycles. The highest BCUT2D eigenvalue weighted by Crippen LogP contribution is 2.33. The normalized spacial score (nSPS) is 15.0. The molecule has 1 aliphatic rings. The van der Waals surface area contributed by atoms with Gasteiger partial charge in [0.05, 0.1) is 4.90 Å². The fraction of sp³-hybridized carbons (Fsp3) is 0.533. The molecule has 1 saturated carbocycles. The molecule has 2 rings (SSSR count). The van der Waals surface area contributed by atoms with Gasteiger partial charge in [-0.1, -0.05) is 25.8 Å². The third-order valence-electron chi connectivity index (χ3n) is 3.74. The van der Waals surface area contributed by atoms with Crippen LogP contribution >= 0.6 is 10.7 Å². The van der Waals surface area contributed by atoms with E-state index in [1.165, 1.54) is 18.9 Å². The lowest BCUT2D eigenvalue weighted by molar-refractivity contribution is 0.0952. The van der Waals surface area contributed by atoms with Crippen molar-refractivity contribution >= 4 is 25.6 Å². The highest BCUT2D eigenvalue weighted by Gasteiger charge is 2.20. The minimum absolute atomic E-state index is 0.0253. The largest absolute Gasteiger partial charge is 0.352 e. The highest BCUT2D eigenvalue weighted by atomic mass is 35.7. The van der Waals surface area contributed by atoms with E-state index in [1.807, 2.05) is 6.92 Å². The first-order chi connectivity index (χ1) is 9.91. The number of halogens is 1. The van der Waals surface area contributed by atoms with Crippen LogP contribution in [0, 0.1) is 5.92 Å². The molecular formula is C15H20ClNO3S. The van der Waals surface area contributed by atoms with Gasteiger partial charge in [0.2, 0.25) is 0 Å².